The maximum absolute atomic E-state index is 14.1. The number of benzene rings is 1. The monoisotopic (exact) mass is 327 g/mol. The molecule has 124 valence electrons. The van der Waals surface area contributed by atoms with E-state index in [9.17, 15) is 4.39 Å². The Hall–Kier alpha value is -2.51. The minimum Gasteiger partial charge on any atom is -0.378 e. The molecule has 4 rings (SSSR count). The van der Waals surface area contributed by atoms with Gasteiger partial charge in [-0.25, -0.2) is 9.37 Å². The highest BCUT2D eigenvalue weighted by atomic mass is 19.1. The highest BCUT2D eigenvalue weighted by Crippen LogP contribution is 2.25. The van der Waals surface area contributed by atoms with Gasteiger partial charge in [0.2, 0.25) is 0 Å². The fourth-order valence-corrected chi connectivity index (χ4v) is 3.06. The van der Waals surface area contributed by atoms with Gasteiger partial charge in [-0.15, -0.1) is 0 Å². The maximum Gasteiger partial charge on any atom is 0.157 e. The first-order valence-corrected chi connectivity index (χ1v) is 7.86. The molecular formula is C17H18FN5O. The molecule has 24 heavy (non-hydrogen) atoms. The van der Waals surface area contributed by atoms with Gasteiger partial charge in [0.15, 0.2) is 5.65 Å². The van der Waals surface area contributed by atoms with Crippen molar-refractivity contribution in [2.75, 3.05) is 25.5 Å². The predicted octanol–water partition coefficient (Wildman–Crippen LogP) is 1.93. The number of halogens is 1. The minimum absolute atomic E-state index is 0.0701. The highest BCUT2D eigenvalue weighted by Gasteiger charge is 2.27. The van der Waals surface area contributed by atoms with Crippen LogP contribution in [-0.4, -0.2) is 46.9 Å². The molecule has 2 aromatic heterocycles. The number of rotatable bonds is 4. The number of hydrogen-bond donors (Lipinski definition) is 2. The van der Waals surface area contributed by atoms with E-state index in [4.69, 9.17) is 4.74 Å². The molecule has 1 aromatic carbocycles. The molecule has 3 heterocycles. The van der Waals surface area contributed by atoms with Gasteiger partial charge in [-0.1, -0.05) is 12.1 Å². The molecule has 2 N–H and O–H groups in total. The Bertz CT molecular complexity index is 865. The Balaban J connectivity index is 1.77. The summed E-state index contributed by atoms with van der Waals surface area (Å²) >= 11 is 0. The topological polar surface area (TPSA) is 63.5 Å². The van der Waals surface area contributed by atoms with Crippen molar-refractivity contribution in [3.63, 3.8) is 0 Å². The van der Waals surface area contributed by atoms with Crippen LogP contribution in [-0.2, 0) is 4.74 Å². The molecule has 1 saturated heterocycles. The number of ether oxygens (including phenoxy) is 1. The van der Waals surface area contributed by atoms with Crippen molar-refractivity contribution in [1.29, 1.82) is 0 Å². The number of fused-ring (bicyclic) bond motifs is 1. The Morgan fingerprint density at radius 1 is 1.29 bits per heavy atom. The molecule has 7 heteroatoms. The third-order valence-electron chi connectivity index (χ3n) is 4.30. The van der Waals surface area contributed by atoms with Gasteiger partial charge in [-0.05, 0) is 12.1 Å². The molecule has 3 aromatic rings. The van der Waals surface area contributed by atoms with Gasteiger partial charge >= 0.3 is 0 Å². The van der Waals surface area contributed by atoms with Gasteiger partial charge in [-0.2, -0.15) is 9.61 Å². The first-order chi connectivity index (χ1) is 11.8. The summed E-state index contributed by atoms with van der Waals surface area (Å²) in [6, 6.07) is 10.4. The van der Waals surface area contributed by atoms with E-state index in [1.165, 1.54) is 6.07 Å². The Morgan fingerprint density at radius 3 is 3.00 bits per heavy atom. The normalized spacial score (nSPS) is 20.6. The van der Waals surface area contributed by atoms with Crippen LogP contribution in [0.1, 0.15) is 0 Å². The first kappa shape index (κ1) is 15.0. The molecule has 2 atom stereocenters. The lowest BCUT2D eigenvalue weighted by molar-refractivity contribution is 0.111. The predicted molar refractivity (Wildman–Crippen MR) is 89.5 cm³/mol. The van der Waals surface area contributed by atoms with Crippen molar-refractivity contribution in [3.05, 3.63) is 48.4 Å². The lowest BCUT2D eigenvalue weighted by Gasteiger charge is -2.20. The van der Waals surface area contributed by atoms with Crippen LogP contribution in [0.5, 0.6) is 0 Å². The minimum atomic E-state index is -0.294. The second-order valence-corrected chi connectivity index (χ2v) is 5.79. The molecular weight excluding hydrogens is 309 g/mol. The molecule has 6 nitrogen and oxygen atoms in total. The van der Waals surface area contributed by atoms with Crippen LogP contribution < -0.4 is 10.6 Å². The maximum atomic E-state index is 14.1. The summed E-state index contributed by atoms with van der Waals surface area (Å²) in [7, 11) is 1.70. The van der Waals surface area contributed by atoms with E-state index in [2.05, 4.69) is 20.7 Å². The average molecular weight is 327 g/mol. The molecule has 0 unspecified atom stereocenters. The zero-order chi connectivity index (χ0) is 16.5. The molecule has 0 bridgehead atoms. The van der Waals surface area contributed by atoms with Gasteiger partial charge in [-0.3, -0.25) is 0 Å². The SMILES string of the molecule is CO[C@H]1CNC[C@@H]1Nc1cc(-c2ccccc2F)nc2ccnn12. The number of nitrogens with zero attached hydrogens (tertiary/aromatic N) is 3. The van der Waals surface area contributed by atoms with E-state index in [0.29, 0.717) is 16.9 Å². The van der Waals surface area contributed by atoms with E-state index in [1.54, 1.807) is 42.1 Å². The Labute approximate surface area is 138 Å². The summed E-state index contributed by atoms with van der Waals surface area (Å²) < 4.78 is 21.4. The largest absolute Gasteiger partial charge is 0.378 e. The zero-order valence-electron chi connectivity index (χ0n) is 13.2. The van der Waals surface area contributed by atoms with Gasteiger partial charge in [0.25, 0.3) is 0 Å². The van der Waals surface area contributed by atoms with Crippen LogP contribution in [0.4, 0.5) is 10.2 Å². The number of aromatic nitrogens is 3. The van der Waals surface area contributed by atoms with Crippen LogP contribution in [0.25, 0.3) is 16.9 Å². The van der Waals surface area contributed by atoms with Gasteiger partial charge in [0.05, 0.1) is 24.0 Å². The van der Waals surface area contributed by atoms with Crippen LogP contribution in [0.2, 0.25) is 0 Å². The number of anilines is 1. The summed E-state index contributed by atoms with van der Waals surface area (Å²) in [5.41, 5.74) is 1.71. The van der Waals surface area contributed by atoms with E-state index in [-0.39, 0.29) is 18.0 Å². The van der Waals surface area contributed by atoms with Crippen molar-refractivity contribution in [3.8, 4) is 11.3 Å². The molecule has 1 aliphatic rings. The van der Waals surface area contributed by atoms with Crippen molar-refractivity contribution in [1.82, 2.24) is 19.9 Å². The Morgan fingerprint density at radius 2 is 2.17 bits per heavy atom. The summed E-state index contributed by atoms with van der Waals surface area (Å²) in [5.74, 6) is 0.469. The second kappa shape index (κ2) is 6.18. The van der Waals surface area contributed by atoms with E-state index in [0.717, 1.165) is 18.9 Å². The van der Waals surface area contributed by atoms with Crippen molar-refractivity contribution < 1.29 is 9.13 Å². The Kier molecular flexibility index (Phi) is 3.87. The summed E-state index contributed by atoms with van der Waals surface area (Å²) in [6.07, 6.45) is 1.75. The lowest BCUT2D eigenvalue weighted by Crippen LogP contribution is -2.34. The molecule has 1 fully saturated rings. The van der Waals surface area contributed by atoms with Gasteiger partial charge < -0.3 is 15.4 Å². The van der Waals surface area contributed by atoms with Crippen LogP contribution in [0.15, 0.2) is 42.6 Å². The van der Waals surface area contributed by atoms with E-state index < -0.39 is 0 Å². The highest BCUT2D eigenvalue weighted by molar-refractivity contribution is 5.67. The summed E-state index contributed by atoms with van der Waals surface area (Å²) in [4.78, 5) is 4.51. The molecule has 0 amide bonds. The lowest BCUT2D eigenvalue weighted by atomic mass is 10.1. The third-order valence-corrected chi connectivity index (χ3v) is 4.30. The van der Waals surface area contributed by atoms with E-state index >= 15 is 0 Å². The van der Waals surface area contributed by atoms with Crippen molar-refractivity contribution in [2.45, 2.75) is 12.1 Å². The van der Waals surface area contributed by atoms with Crippen LogP contribution in [0, 0.1) is 5.82 Å². The number of hydrogen-bond acceptors (Lipinski definition) is 5. The fourth-order valence-electron chi connectivity index (χ4n) is 3.06. The van der Waals surface area contributed by atoms with E-state index in [1.807, 2.05) is 6.07 Å². The molecule has 1 aliphatic heterocycles. The smallest absolute Gasteiger partial charge is 0.157 e. The van der Waals surface area contributed by atoms with Gasteiger partial charge in [0.1, 0.15) is 11.6 Å². The van der Waals surface area contributed by atoms with Crippen LogP contribution >= 0.6 is 0 Å². The third kappa shape index (κ3) is 2.61. The van der Waals surface area contributed by atoms with Gasteiger partial charge in [0, 0.05) is 37.9 Å². The molecule has 0 saturated carbocycles. The number of nitrogens with one attached hydrogen (secondary N) is 2. The molecule has 0 aliphatic carbocycles. The summed E-state index contributed by atoms with van der Waals surface area (Å²) in [5, 5.41) is 11.1. The van der Waals surface area contributed by atoms with Crippen molar-refractivity contribution in [2.24, 2.45) is 0 Å². The standard InChI is InChI=1S/C17H18FN5O/c1-24-15-10-19-9-14(15)22-17-8-13(11-4-2-3-5-12(11)18)21-16-6-7-20-23(16)17/h2-8,14-15,19,22H,9-10H2,1H3/t14-,15-/m0/s1. The molecule has 0 radical (unpaired) electrons. The first-order valence-electron chi connectivity index (χ1n) is 7.86. The second-order valence-electron chi connectivity index (χ2n) is 5.79. The fraction of sp³-hybridized carbons (Fsp3) is 0.294. The van der Waals surface area contributed by atoms with Crippen molar-refractivity contribution >= 4 is 11.5 Å². The quantitative estimate of drug-likeness (QED) is 0.767. The summed E-state index contributed by atoms with van der Waals surface area (Å²) in [6.45, 7) is 1.58. The van der Waals surface area contributed by atoms with Crippen LogP contribution in [0.3, 0.4) is 0 Å². The molecule has 0 spiro atoms. The zero-order valence-corrected chi connectivity index (χ0v) is 13.2. The average Bonchev–Trinajstić information content (AvgIpc) is 3.24. The number of methoxy groups -OCH3 is 1.